The van der Waals surface area contributed by atoms with Crippen LogP contribution in [0.15, 0.2) is 0 Å². The van der Waals surface area contributed by atoms with Crippen LogP contribution in [0.4, 0.5) is 0 Å². The Balaban J connectivity index is 3.69. The molecule has 1 unspecified atom stereocenters. The number of nitro groups is 1. The Hall–Kier alpha value is -0.930. The molecule has 0 N–H and O–H groups in total. The Labute approximate surface area is 65.7 Å². The molecule has 4 heteroatoms. The number of rotatable bonds is 5. The van der Waals surface area contributed by atoms with Crippen molar-refractivity contribution in [1.29, 1.82) is 0 Å². The molecular formula is C7H13NO3. The molecule has 0 saturated heterocycles. The average Bonchev–Trinajstić information content (AvgIpc) is 1.87. The summed E-state index contributed by atoms with van der Waals surface area (Å²) in [4.78, 5) is 19.9. The molecule has 0 amide bonds. The first kappa shape index (κ1) is 10.1. The Bertz CT molecular complexity index is 145. The van der Waals surface area contributed by atoms with Crippen molar-refractivity contribution in [2.24, 2.45) is 11.8 Å². The first-order valence-corrected chi connectivity index (χ1v) is 3.65. The molecule has 64 valence electrons. The van der Waals surface area contributed by atoms with Crippen molar-refractivity contribution in [3.63, 3.8) is 0 Å². The SMILES string of the molecule is CC(C)C(C=O)CC[N+](=O)[O-]. The Morgan fingerprint density at radius 1 is 1.55 bits per heavy atom. The Morgan fingerprint density at radius 2 is 2.09 bits per heavy atom. The van der Waals surface area contributed by atoms with E-state index in [1.54, 1.807) is 0 Å². The summed E-state index contributed by atoms with van der Waals surface area (Å²) in [5, 5.41) is 9.93. The highest BCUT2D eigenvalue weighted by Crippen LogP contribution is 2.11. The molecule has 1 atom stereocenters. The lowest BCUT2D eigenvalue weighted by molar-refractivity contribution is -0.481. The third-order valence-electron chi connectivity index (χ3n) is 1.68. The standard InChI is InChI=1S/C7H13NO3/c1-6(2)7(5-9)3-4-8(10)11/h5-7H,3-4H2,1-2H3. The molecule has 0 radical (unpaired) electrons. The van der Waals surface area contributed by atoms with Gasteiger partial charge in [-0.1, -0.05) is 13.8 Å². The van der Waals surface area contributed by atoms with E-state index >= 15 is 0 Å². The summed E-state index contributed by atoms with van der Waals surface area (Å²) in [5.74, 6) is 0.0350. The summed E-state index contributed by atoms with van der Waals surface area (Å²) >= 11 is 0. The fourth-order valence-corrected chi connectivity index (χ4v) is 0.813. The molecule has 0 spiro atoms. The van der Waals surface area contributed by atoms with Crippen LogP contribution in [-0.4, -0.2) is 17.8 Å². The van der Waals surface area contributed by atoms with Crippen LogP contribution in [0.25, 0.3) is 0 Å². The van der Waals surface area contributed by atoms with Gasteiger partial charge in [-0.15, -0.1) is 0 Å². The predicted octanol–water partition coefficient (Wildman–Crippen LogP) is 1.12. The molecule has 0 bridgehead atoms. The fraction of sp³-hybridized carbons (Fsp3) is 0.857. The van der Waals surface area contributed by atoms with Gasteiger partial charge in [0.1, 0.15) is 6.29 Å². The molecule has 11 heavy (non-hydrogen) atoms. The highest BCUT2D eigenvalue weighted by atomic mass is 16.6. The van der Waals surface area contributed by atoms with E-state index in [1.807, 2.05) is 13.8 Å². The zero-order chi connectivity index (χ0) is 8.85. The van der Waals surface area contributed by atoms with Gasteiger partial charge >= 0.3 is 0 Å². The van der Waals surface area contributed by atoms with E-state index < -0.39 is 0 Å². The van der Waals surface area contributed by atoms with Crippen LogP contribution >= 0.6 is 0 Å². The van der Waals surface area contributed by atoms with E-state index in [-0.39, 0.29) is 23.3 Å². The maximum absolute atomic E-state index is 10.3. The van der Waals surface area contributed by atoms with Gasteiger partial charge in [0.2, 0.25) is 6.54 Å². The quantitative estimate of drug-likeness (QED) is 0.343. The lowest BCUT2D eigenvalue weighted by Gasteiger charge is -2.10. The second kappa shape index (κ2) is 4.82. The van der Waals surface area contributed by atoms with Gasteiger partial charge in [0.05, 0.1) is 0 Å². The molecule has 0 saturated carbocycles. The first-order valence-electron chi connectivity index (χ1n) is 3.65. The molecule has 0 aliphatic carbocycles. The van der Waals surface area contributed by atoms with Crippen molar-refractivity contribution in [2.45, 2.75) is 20.3 Å². The number of carbonyl (C=O) groups excluding carboxylic acids is 1. The third-order valence-corrected chi connectivity index (χ3v) is 1.68. The second-order valence-corrected chi connectivity index (χ2v) is 2.89. The van der Waals surface area contributed by atoms with Crippen LogP contribution in [0, 0.1) is 22.0 Å². The van der Waals surface area contributed by atoms with E-state index in [0.717, 1.165) is 6.29 Å². The van der Waals surface area contributed by atoms with Gasteiger partial charge in [-0.3, -0.25) is 10.1 Å². The van der Waals surface area contributed by atoms with Gasteiger partial charge in [0, 0.05) is 17.3 Å². The van der Waals surface area contributed by atoms with Gasteiger partial charge in [-0.25, -0.2) is 0 Å². The molecule has 0 aromatic heterocycles. The summed E-state index contributed by atoms with van der Waals surface area (Å²) in [7, 11) is 0. The van der Waals surface area contributed by atoms with Crippen LogP contribution in [0.3, 0.4) is 0 Å². The van der Waals surface area contributed by atoms with Gasteiger partial charge in [-0.2, -0.15) is 0 Å². The minimum atomic E-state index is -0.390. The molecule has 0 aliphatic rings. The van der Waals surface area contributed by atoms with Gasteiger partial charge in [0.15, 0.2) is 0 Å². The summed E-state index contributed by atoms with van der Waals surface area (Å²) in [5.41, 5.74) is 0. The lowest BCUT2D eigenvalue weighted by atomic mass is 9.94. The number of hydrogen-bond donors (Lipinski definition) is 0. The van der Waals surface area contributed by atoms with Gasteiger partial charge in [0.25, 0.3) is 0 Å². The molecule has 0 aromatic carbocycles. The zero-order valence-electron chi connectivity index (χ0n) is 6.82. The maximum Gasteiger partial charge on any atom is 0.204 e. The first-order chi connectivity index (χ1) is 5.07. The van der Waals surface area contributed by atoms with Crippen molar-refractivity contribution < 1.29 is 9.72 Å². The van der Waals surface area contributed by atoms with Crippen LogP contribution in [0.5, 0.6) is 0 Å². The minimum absolute atomic E-state index is 0.110. The van der Waals surface area contributed by atoms with Crippen LogP contribution in [-0.2, 0) is 4.79 Å². The molecule has 0 fully saturated rings. The summed E-state index contributed by atoms with van der Waals surface area (Å²) in [6.07, 6.45) is 1.16. The molecule has 0 aliphatic heterocycles. The normalized spacial score (nSPS) is 13.0. The lowest BCUT2D eigenvalue weighted by Crippen LogP contribution is -2.15. The summed E-state index contributed by atoms with van der Waals surface area (Å²) < 4.78 is 0. The van der Waals surface area contributed by atoms with Crippen molar-refractivity contribution in [1.82, 2.24) is 0 Å². The maximum atomic E-state index is 10.3. The van der Waals surface area contributed by atoms with E-state index in [1.165, 1.54) is 0 Å². The third kappa shape index (κ3) is 4.47. The largest absolute Gasteiger partial charge is 0.303 e. The Kier molecular flexibility index (Phi) is 4.41. The molecule has 0 aromatic rings. The molecular weight excluding hydrogens is 146 g/mol. The zero-order valence-corrected chi connectivity index (χ0v) is 6.82. The van der Waals surface area contributed by atoms with Crippen LogP contribution < -0.4 is 0 Å². The smallest absolute Gasteiger partial charge is 0.204 e. The average molecular weight is 159 g/mol. The molecule has 4 nitrogen and oxygen atoms in total. The highest BCUT2D eigenvalue weighted by molar-refractivity contribution is 5.53. The minimum Gasteiger partial charge on any atom is -0.303 e. The summed E-state index contributed by atoms with van der Waals surface area (Å²) in [6, 6.07) is 0. The number of carbonyl (C=O) groups is 1. The van der Waals surface area contributed by atoms with Crippen LogP contribution in [0.2, 0.25) is 0 Å². The van der Waals surface area contributed by atoms with E-state index in [9.17, 15) is 14.9 Å². The molecule has 0 rings (SSSR count). The number of nitrogens with zero attached hydrogens (tertiary/aromatic N) is 1. The highest BCUT2D eigenvalue weighted by Gasteiger charge is 2.14. The summed E-state index contributed by atoms with van der Waals surface area (Å²) in [6.45, 7) is 3.67. The van der Waals surface area contributed by atoms with Crippen molar-refractivity contribution >= 4 is 6.29 Å². The predicted molar refractivity (Wildman–Crippen MR) is 40.9 cm³/mol. The monoisotopic (exact) mass is 159 g/mol. The number of hydrogen-bond acceptors (Lipinski definition) is 3. The number of aldehydes is 1. The Morgan fingerprint density at radius 3 is 2.36 bits per heavy atom. The van der Waals surface area contributed by atoms with E-state index in [4.69, 9.17) is 0 Å². The van der Waals surface area contributed by atoms with Crippen molar-refractivity contribution in [3.05, 3.63) is 10.1 Å². The van der Waals surface area contributed by atoms with Gasteiger partial charge in [-0.05, 0) is 5.92 Å². The van der Waals surface area contributed by atoms with E-state index in [2.05, 4.69) is 0 Å². The van der Waals surface area contributed by atoms with Gasteiger partial charge < -0.3 is 4.79 Å². The van der Waals surface area contributed by atoms with Crippen molar-refractivity contribution in [2.75, 3.05) is 6.54 Å². The van der Waals surface area contributed by atoms with Crippen LogP contribution in [0.1, 0.15) is 20.3 Å². The molecule has 0 heterocycles. The second-order valence-electron chi connectivity index (χ2n) is 2.89. The fourth-order valence-electron chi connectivity index (χ4n) is 0.813. The van der Waals surface area contributed by atoms with Crippen molar-refractivity contribution in [3.8, 4) is 0 Å². The topological polar surface area (TPSA) is 60.2 Å². The van der Waals surface area contributed by atoms with E-state index in [0.29, 0.717) is 6.42 Å².